The predicted molar refractivity (Wildman–Crippen MR) is 82.4 cm³/mol. The van der Waals surface area contributed by atoms with E-state index in [1.54, 1.807) is 9.80 Å². The third kappa shape index (κ3) is 3.25. The quantitative estimate of drug-likeness (QED) is 0.910. The van der Waals surface area contributed by atoms with Crippen molar-refractivity contribution in [2.45, 2.75) is 18.8 Å². The second-order valence-corrected chi connectivity index (χ2v) is 5.85. The number of hydrogen-bond acceptors (Lipinski definition) is 7. The van der Waals surface area contributed by atoms with Gasteiger partial charge in [0.15, 0.2) is 0 Å². The molecule has 8 nitrogen and oxygen atoms in total. The average Bonchev–Trinajstić information content (AvgIpc) is 3.04. The number of nitrogens with zero attached hydrogens (tertiary/aromatic N) is 5. The maximum atomic E-state index is 12.5. The van der Waals surface area contributed by atoms with Crippen LogP contribution in [0, 0.1) is 0 Å². The van der Waals surface area contributed by atoms with Crippen LogP contribution in [0.2, 0.25) is 0 Å². The summed E-state index contributed by atoms with van der Waals surface area (Å²) in [6.07, 6.45) is 4.53. The molecule has 1 aliphatic heterocycles. The van der Waals surface area contributed by atoms with Crippen LogP contribution in [0.25, 0.3) is 0 Å². The second-order valence-electron chi connectivity index (χ2n) is 5.85. The van der Waals surface area contributed by atoms with Crippen molar-refractivity contribution in [3.63, 3.8) is 0 Å². The van der Waals surface area contributed by atoms with E-state index >= 15 is 0 Å². The molecule has 3 rings (SSSR count). The Labute approximate surface area is 133 Å². The molecule has 2 aromatic rings. The van der Waals surface area contributed by atoms with Gasteiger partial charge in [-0.15, -0.1) is 0 Å². The third-order valence-electron chi connectivity index (χ3n) is 3.86. The fourth-order valence-corrected chi connectivity index (χ4v) is 2.66. The Morgan fingerprint density at radius 1 is 1.43 bits per heavy atom. The van der Waals surface area contributed by atoms with E-state index in [-0.39, 0.29) is 17.6 Å². The van der Waals surface area contributed by atoms with Gasteiger partial charge in [-0.05, 0) is 24.1 Å². The summed E-state index contributed by atoms with van der Waals surface area (Å²) in [5.74, 6) is 0.947. The van der Waals surface area contributed by atoms with E-state index in [4.69, 9.17) is 4.52 Å². The zero-order chi connectivity index (χ0) is 16.4. The van der Waals surface area contributed by atoms with Crippen LogP contribution in [0.1, 0.15) is 35.0 Å². The van der Waals surface area contributed by atoms with Crippen molar-refractivity contribution < 1.29 is 14.4 Å². The van der Waals surface area contributed by atoms with E-state index in [9.17, 15) is 9.90 Å². The van der Waals surface area contributed by atoms with E-state index in [1.807, 2.05) is 14.1 Å². The molecular formula is C15H19N5O3. The first-order chi connectivity index (χ1) is 11.0. The standard InChI is InChI=1S/C15H19N5O3/c1-19(2)15-17-13(23-18-15)10-4-3-5-20(9-10)14(22)11-6-12(21)8-16-7-11/h6-8,10,21H,3-5,9H2,1-2H3/t10-/m1/s1. The third-order valence-corrected chi connectivity index (χ3v) is 3.86. The van der Waals surface area contributed by atoms with Crippen molar-refractivity contribution in [2.75, 3.05) is 32.1 Å². The van der Waals surface area contributed by atoms with Crippen molar-refractivity contribution >= 4 is 11.9 Å². The molecule has 0 aliphatic carbocycles. The number of carbonyl (C=O) groups is 1. The van der Waals surface area contributed by atoms with E-state index in [0.717, 1.165) is 12.8 Å². The predicted octanol–water partition coefficient (Wildman–Crippen LogP) is 1.26. The van der Waals surface area contributed by atoms with Gasteiger partial charge in [-0.25, -0.2) is 0 Å². The Bertz CT molecular complexity index is 700. The minimum absolute atomic E-state index is 0.0167. The summed E-state index contributed by atoms with van der Waals surface area (Å²) in [5.41, 5.74) is 0.380. The van der Waals surface area contributed by atoms with Crippen molar-refractivity contribution in [3.05, 3.63) is 29.9 Å². The van der Waals surface area contributed by atoms with Gasteiger partial charge >= 0.3 is 0 Å². The Kier molecular flexibility index (Phi) is 4.14. The van der Waals surface area contributed by atoms with Gasteiger partial charge in [0, 0.05) is 33.4 Å². The molecule has 122 valence electrons. The van der Waals surface area contributed by atoms with Crippen LogP contribution in [0.4, 0.5) is 5.95 Å². The van der Waals surface area contributed by atoms with E-state index in [1.165, 1.54) is 18.5 Å². The number of anilines is 1. The lowest BCUT2D eigenvalue weighted by Crippen LogP contribution is -2.39. The smallest absolute Gasteiger partial charge is 0.265 e. The molecule has 0 spiro atoms. The number of rotatable bonds is 3. The first kappa shape index (κ1) is 15.3. The van der Waals surface area contributed by atoms with Crippen LogP contribution in [0.5, 0.6) is 5.75 Å². The molecule has 8 heteroatoms. The van der Waals surface area contributed by atoms with Crippen LogP contribution >= 0.6 is 0 Å². The Hall–Kier alpha value is -2.64. The monoisotopic (exact) mass is 317 g/mol. The number of likely N-dealkylation sites (tertiary alicyclic amines) is 1. The van der Waals surface area contributed by atoms with Gasteiger partial charge in [-0.2, -0.15) is 4.98 Å². The van der Waals surface area contributed by atoms with Gasteiger partial charge in [0.1, 0.15) is 5.75 Å². The zero-order valence-electron chi connectivity index (χ0n) is 13.1. The summed E-state index contributed by atoms with van der Waals surface area (Å²) in [6, 6.07) is 1.43. The molecule has 0 radical (unpaired) electrons. The Balaban J connectivity index is 1.73. The first-order valence-electron chi connectivity index (χ1n) is 7.49. The molecule has 1 atom stereocenters. The number of carbonyl (C=O) groups excluding carboxylic acids is 1. The summed E-state index contributed by atoms with van der Waals surface area (Å²) in [4.78, 5) is 24.3. The highest BCUT2D eigenvalue weighted by atomic mass is 16.5. The average molecular weight is 317 g/mol. The molecule has 23 heavy (non-hydrogen) atoms. The molecule has 1 aliphatic rings. The first-order valence-corrected chi connectivity index (χ1v) is 7.49. The van der Waals surface area contributed by atoms with Gasteiger partial charge in [-0.3, -0.25) is 9.78 Å². The number of aromatic hydroxyl groups is 1. The number of hydrogen-bond donors (Lipinski definition) is 1. The largest absolute Gasteiger partial charge is 0.506 e. The summed E-state index contributed by atoms with van der Waals surface area (Å²) in [5, 5.41) is 13.4. The zero-order valence-corrected chi connectivity index (χ0v) is 13.1. The summed E-state index contributed by atoms with van der Waals surface area (Å²) < 4.78 is 5.33. The highest BCUT2D eigenvalue weighted by Crippen LogP contribution is 2.27. The Morgan fingerprint density at radius 3 is 2.96 bits per heavy atom. The molecule has 0 unspecified atom stereocenters. The molecule has 1 fully saturated rings. The van der Waals surface area contributed by atoms with Gasteiger partial charge in [0.25, 0.3) is 11.9 Å². The van der Waals surface area contributed by atoms with Crippen molar-refractivity contribution in [1.82, 2.24) is 20.0 Å². The number of amides is 1. The van der Waals surface area contributed by atoms with Gasteiger partial charge in [0.05, 0.1) is 17.7 Å². The number of aromatic nitrogens is 3. The molecule has 3 heterocycles. The van der Waals surface area contributed by atoms with Crippen LogP contribution in [0.3, 0.4) is 0 Å². The molecule has 1 N–H and O–H groups in total. The highest BCUT2D eigenvalue weighted by Gasteiger charge is 2.29. The van der Waals surface area contributed by atoms with Crippen LogP contribution in [-0.4, -0.2) is 58.2 Å². The summed E-state index contributed by atoms with van der Waals surface area (Å²) in [6.45, 7) is 1.18. The minimum Gasteiger partial charge on any atom is -0.506 e. The molecule has 0 saturated carbocycles. The normalized spacial score (nSPS) is 18.0. The van der Waals surface area contributed by atoms with Gasteiger partial charge in [-0.1, -0.05) is 0 Å². The SMILES string of the molecule is CN(C)c1noc([C@@H]2CCCN(C(=O)c3cncc(O)c3)C2)n1. The molecule has 0 bridgehead atoms. The van der Waals surface area contributed by atoms with Crippen molar-refractivity contribution in [3.8, 4) is 5.75 Å². The topological polar surface area (TPSA) is 95.6 Å². The van der Waals surface area contributed by atoms with E-state index in [0.29, 0.717) is 30.5 Å². The molecule has 1 amide bonds. The summed E-state index contributed by atoms with van der Waals surface area (Å²) in [7, 11) is 3.69. The highest BCUT2D eigenvalue weighted by molar-refractivity contribution is 5.94. The fraction of sp³-hybridized carbons (Fsp3) is 0.467. The van der Waals surface area contributed by atoms with E-state index in [2.05, 4.69) is 15.1 Å². The number of pyridine rings is 1. The molecule has 2 aromatic heterocycles. The van der Waals surface area contributed by atoms with Crippen LogP contribution in [0.15, 0.2) is 23.0 Å². The van der Waals surface area contributed by atoms with Gasteiger partial charge < -0.3 is 19.4 Å². The minimum atomic E-state index is -0.148. The van der Waals surface area contributed by atoms with E-state index < -0.39 is 0 Å². The lowest BCUT2D eigenvalue weighted by molar-refractivity contribution is 0.0695. The number of piperidine rings is 1. The molecule has 0 aromatic carbocycles. The molecular weight excluding hydrogens is 298 g/mol. The van der Waals surface area contributed by atoms with Crippen molar-refractivity contribution in [2.24, 2.45) is 0 Å². The second kappa shape index (κ2) is 6.23. The Morgan fingerprint density at radius 2 is 2.26 bits per heavy atom. The summed E-state index contributed by atoms with van der Waals surface area (Å²) >= 11 is 0. The fourth-order valence-electron chi connectivity index (χ4n) is 2.66. The lowest BCUT2D eigenvalue weighted by Gasteiger charge is -2.31. The lowest BCUT2D eigenvalue weighted by atomic mass is 9.97. The van der Waals surface area contributed by atoms with Crippen LogP contribution < -0.4 is 4.90 Å². The van der Waals surface area contributed by atoms with Crippen LogP contribution in [-0.2, 0) is 0 Å². The van der Waals surface area contributed by atoms with Gasteiger partial charge in [0.2, 0.25) is 5.89 Å². The van der Waals surface area contributed by atoms with Crippen molar-refractivity contribution in [1.29, 1.82) is 0 Å². The molecule has 1 saturated heterocycles. The maximum Gasteiger partial charge on any atom is 0.265 e. The maximum absolute atomic E-state index is 12.5.